The third-order valence-corrected chi connectivity index (χ3v) is 8.14. The highest BCUT2D eigenvalue weighted by Gasteiger charge is 2.15. The zero-order valence-corrected chi connectivity index (χ0v) is 29.4. The summed E-state index contributed by atoms with van der Waals surface area (Å²) in [5, 5.41) is 8.73. The zero-order valence-electron chi connectivity index (χ0n) is 29.4. The third-order valence-electron chi connectivity index (χ3n) is 8.14. The minimum absolute atomic E-state index is 0.00115. The number of Topliss-reactive ketones (excluding diaryl/α,β-unsaturated/α-hetero) is 1. The van der Waals surface area contributed by atoms with Gasteiger partial charge in [-0.2, -0.15) is 0 Å². The summed E-state index contributed by atoms with van der Waals surface area (Å²) in [7, 11) is 4.35. The van der Waals surface area contributed by atoms with Crippen LogP contribution in [0.4, 0.5) is 0 Å². The number of quaternary nitrogens is 1. The number of ether oxygens (including phenoxy) is 4. The molecule has 8 nitrogen and oxygen atoms in total. The molecule has 0 aromatic carbocycles. The molecule has 0 bridgehead atoms. The predicted octanol–water partition coefficient (Wildman–Crippen LogP) is 7.99. The second-order valence-electron chi connectivity index (χ2n) is 13.3. The van der Waals surface area contributed by atoms with Gasteiger partial charge in [0.2, 0.25) is 0 Å². The lowest BCUT2D eigenvalue weighted by molar-refractivity contribution is -0.891. The minimum Gasteiger partial charge on any atom is -0.481 e. The van der Waals surface area contributed by atoms with Crippen molar-refractivity contribution in [2.45, 2.75) is 148 Å². The summed E-state index contributed by atoms with van der Waals surface area (Å²) in [5.74, 6) is -0.719. The first kappa shape index (κ1) is 42.9. The highest BCUT2D eigenvalue weighted by atomic mass is 16.6. The molecule has 44 heavy (non-hydrogen) atoms. The van der Waals surface area contributed by atoms with Gasteiger partial charge in [0.05, 0.1) is 53.7 Å². The topological polar surface area (TPSA) is 91.3 Å². The van der Waals surface area contributed by atoms with E-state index in [0.717, 1.165) is 49.9 Å². The number of hydrogen-bond donors (Lipinski definition) is 1. The fourth-order valence-corrected chi connectivity index (χ4v) is 5.20. The van der Waals surface area contributed by atoms with Crippen LogP contribution in [0.15, 0.2) is 0 Å². The van der Waals surface area contributed by atoms with Crippen molar-refractivity contribution in [1.29, 1.82) is 0 Å². The molecule has 0 aliphatic heterocycles. The van der Waals surface area contributed by atoms with Gasteiger partial charge in [0.1, 0.15) is 19.3 Å². The first-order valence-electron chi connectivity index (χ1n) is 18.1. The Hall–Kier alpha value is -1.06. The largest absolute Gasteiger partial charge is 0.481 e. The number of rotatable bonds is 36. The van der Waals surface area contributed by atoms with E-state index in [2.05, 4.69) is 21.0 Å². The number of nitrogens with zero attached hydrogens (tertiary/aromatic N) is 1. The second kappa shape index (κ2) is 31.9. The number of aliphatic carboxylic acids is 1. The number of carboxylic acid groups (broad SMARTS) is 1. The molecule has 0 saturated heterocycles. The maximum atomic E-state index is 11.4. The quantitative estimate of drug-likeness (QED) is 0.0554. The lowest BCUT2D eigenvalue weighted by atomic mass is 10.0. The molecule has 0 fully saturated rings. The highest BCUT2D eigenvalue weighted by molar-refractivity contribution is 5.76. The fourth-order valence-electron chi connectivity index (χ4n) is 5.20. The van der Waals surface area contributed by atoms with Crippen molar-refractivity contribution >= 4 is 11.8 Å². The third kappa shape index (κ3) is 33.8. The molecule has 1 atom stereocenters. The second-order valence-corrected chi connectivity index (χ2v) is 13.3. The van der Waals surface area contributed by atoms with Gasteiger partial charge in [0.25, 0.3) is 0 Å². The Labute approximate surface area is 271 Å². The molecule has 0 radical (unpaired) electrons. The Balaban J connectivity index is 3.71. The Morgan fingerprint density at radius 2 is 1.07 bits per heavy atom. The average Bonchev–Trinajstić information content (AvgIpc) is 2.97. The minimum atomic E-state index is -0.718. The van der Waals surface area contributed by atoms with Crippen LogP contribution in [0.2, 0.25) is 0 Å². The number of ketones is 1. The van der Waals surface area contributed by atoms with Gasteiger partial charge in [0, 0.05) is 13.0 Å². The van der Waals surface area contributed by atoms with E-state index in [4.69, 9.17) is 24.1 Å². The van der Waals surface area contributed by atoms with E-state index in [-0.39, 0.29) is 24.9 Å². The van der Waals surface area contributed by atoms with Crippen LogP contribution in [0.5, 0.6) is 0 Å². The molecule has 1 unspecified atom stereocenters. The molecule has 0 aromatic heterocycles. The Bertz CT molecular complexity index is 644. The van der Waals surface area contributed by atoms with Gasteiger partial charge in [-0.05, 0) is 32.6 Å². The van der Waals surface area contributed by atoms with E-state index in [1.165, 1.54) is 103 Å². The van der Waals surface area contributed by atoms with Crippen molar-refractivity contribution in [3.05, 3.63) is 0 Å². The van der Waals surface area contributed by atoms with Crippen LogP contribution in [-0.2, 0) is 28.5 Å². The lowest BCUT2D eigenvalue weighted by Gasteiger charge is -2.29. The molecule has 0 aromatic rings. The highest BCUT2D eigenvalue weighted by Crippen LogP contribution is 2.14. The van der Waals surface area contributed by atoms with Gasteiger partial charge in [0.15, 0.2) is 5.78 Å². The van der Waals surface area contributed by atoms with Gasteiger partial charge >= 0.3 is 5.97 Å². The summed E-state index contributed by atoms with van der Waals surface area (Å²) in [5.41, 5.74) is 0. The molecule has 0 aliphatic rings. The Morgan fingerprint density at radius 3 is 1.59 bits per heavy atom. The van der Waals surface area contributed by atoms with Crippen molar-refractivity contribution in [2.24, 2.45) is 0 Å². The predicted molar refractivity (Wildman–Crippen MR) is 180 cm³/mol. The molecule has 262 valence electrons. The van der Waals surface area contributed by atoms with Gasteiger partial charge < -0.3 is 28.5 Å². The van der Waals surface area contributed by atoms with Crippen LogP contribution in [0.3, 0.4) is 0 Å². The monoisotopic (exact) mass is 631 g/mol. The van der Waals surface area contributed by atoms with E-state index in [0.29, 0.717) is 33.0 Å². The molecule has 8 heteroatoms. The number of carbonyl (C=O) groups is 2. The van der Waals surface area contributed by atoms with Crippen molar-refractivity contribution in [1.82, 2.24) is 0 Å². The average molecular weight is 631 g/mol. The van der Waals surface area contributed by atoms with Crippen LogP contribution >= 0.6 is 0 Å². The van der Waals surface area contributed by atoms with Gasteiger partial charge in [-0.1, -0.05) is 103 Å². The maximum absolute atomic E-state index is 11.4. The normalized spacial score (nSPS) is 12.5. The first-order valence-corrected chi connectivity index (χ1v) is 18.1. The maximum Gasteiger partial charge on any atom is 0.303 e. The van der Waals surface area contributed by atoms with E-state index in [1.54, 1.807) is 0 Å². The van der Waals surface area contributed by atoms with Crippen LogP contribution in [0.1, 0.15) is 142 Å². The Kier molecular flexibility index (Phi) is 31.1. The smallest absolute Gasteiger partial charge is 0.303 e. The zero-order chi connectivity index (χ0) is 32.6. The number of likely N-dealkylation sites (N-methyl/N-ethyl adjacent to an activating group) is 1. The molecular weight excluding hydrogens is 558 g/mol. The Morgan fingerprint density at radius 1 is 0.591 bits per heavy atom. The summed E-state index contributed by atoms with van der Waals surface area (Å²) in [6.45, 7) is 8.97. The molecule has 0 aliphatic carbocycles. The molecule has 0 heterocycles. The van der Waals surface area contributed by atoms with E-state index >= 15 is 0 Å². The van der Waals surface area contributed by atoms with Crippen LogP contribution in [0, 0.1) is 0 Å². The SMILES string of the molecule is CCCCCCCCCCCCCCCCCCOCC(COCCOCC[N+](C)(C)CCCCCC(=O)O)OCC(C)=O. The number of unbranched alkanes of at least 4 members (excludes halogenated alkanes) is 17. The molecule has 1 N–H and O–H groups in total. The van der Waals surface area contributed by atoms with E-state index < -0.39 is 5.97 Å². The van der Waals surface area contributed by atoms with E-state index in [9.17, 15) is 9.59 Å². The summed E-state index contributed by atoms with van der Waals surface area (Å²) in [4.78, 5) is 22.0. The van der Waals surface area contributed by atoms with Crippen molar-refractivity contribution in [3.8, 4) is 0 Å². The number of carbonyl (C=O) groups excluding carboxylic acids is 1. The summed E-state index contributed by atoms with van der Waals surface area (Å²) >= 11 is 0. The van der Waals surface area contributed by atoms with Gasteiger partial charge in [-0.3, -0.25) is 9.59 Å². The summed E-state index contributed by atoms with van der Waals surface area (Å²) in [6, 6.07) is 0. The van der Waals surface area contributed by atoms with Gasteiger partial charge in [-0.15, -0.1) is 0 Å². The summed E-state index contributed by atoms with van der Waals surface area (Å²) in [6.07, 6.45) is 24.4. The number of carboxylic acids is 1. The van der Waals surface area contributed by atoms with Crippen LogP contribution in [-0.4, -0.2) is 101 Å². The van der Waals surface area contributed by atoms with Crippen LogP contribution in [0.25, 0.3) is 0 Å². The van der Waals surface area contributed by atoms with Crippen molar-refractivity contribution < 1.29 is 38.1 Å². The molecule has 0 spiro atoms. The standard InChI is InChI=1S/C36H71NO7/c1-5-6-7-8-9-10-11-12-13-14-15-16-17-18-19-23-27-42-32-35(44-31-34(2)38)33-43-30-29-41-28-26-37(3,4)25-22-20-21-24-36(39)40/h35H,5-33H2,1-4H3/p+1. The first-order chi connectivity index (χ1) is 21.3. The van der Waals surface area contributed by atoms with Crippen molar-refractivity contribution in [2.75, 3.05) is 73.4 Å². The fraction of sp³-hybridized carbons (Fsp3) is 0.944. The van der Waals surface area contributed by atoms with Crippen LogP contribution < -0.4 is 0 Å². The molecule has 0 amide bonds. The molecule has 0 saturated carbocycles. The van der Waals surface area contributed by atoms with E-state index in [1.807, 2.05) is 0 Å². The lowest BCUT2D eigenvalue weighted by Crippen LogP contribution is -2.43. The van der Waals surface area contributed by atoms with Gasteiger partial charge in [-0.25, -0.2) is 0 Å². The number of hydrogen-bond acceptors (Lipinski definition) is 6. The molecule has 0 rings (SSSR count). The molecular formula is C36H72NO7+. The summed E-state index contributed by atoms with van der Waals surface area (Å²) < 4.78 is 23.9. The van der Waals surface area contributed by atoms with Crippen molar-refractivity contribution in [3.63, 3.8) is 0 Å².